The lowest BCUT2D eigenvalue weighted by molar-refractivity contribution is -0.136. The van der Waals surface area contributed by atoms with Gasteiger partial charge in [0.15, 0.2) is 5.34 Å². The van der Waals surface area contributed by atoms with Gasteiger partial charge in [0.2, 0.25) is 0 Å². The molecule has 0 saturated heterocycles. The fourth-order valence-corrected chi connectivity index (χ4v) is 3.22. The SMILES string of the molecule is CC(C)(C)c1cc(CCC(=O)O)cc(C(C)(C)C)c1O.CCCCCCC(C)ON=O. The van der Waals surface area contributed by atoms with E-state index in [1.165, 1.54) is 19.3 Å². The molecular weight excluding hydrogens is 394 g/mol. The van der Waals surface area contributed by atoms with Gasteiger partial charge in [-0.25, -0.2) is 0 Å². The first-order chi connectivity index (χ1) is 14.2. The summed E-state index contributed by atoms with van der Waals surface area (Å²) in [6, 6.07) is 3.88. The molecule has 0 spiro atoms. The molecule has 0 bridgehead atoms. The fourth-order valence-electron chi connectivity index (χ4n) is 3.22. The Morgan fingerprint density at radius 2 is 1.55 bits per heavy atom. The molecule has 1 atom stereocenters. The Bertz CT molecular complexity index is 651. The quantitative estimate of drug-likeness (QED) is 0.232. The number of aliphatic carboxylic acids is 1. The molecule has 1 aromatic carbocycles. The zero-order valence-electron chi connectivity index (χ0n) is 20.7. The van der Waals surface area contributed by atoms with Gasteiger partial charge in [-0.2, -0.15) is 0 Å². The van der Waals surface area contributed by atoms with Crippen LogP contribution in [0.15, 0.2) is 17.5 Å². The van der Waals surface area contributed by atoms with Gasteiger partial charge in [-0.1, -0.05) is 79.9 Å². The Balaban J connectivity index is 0.000000695. The van der Waals surface area contributed by atoms with Gasteiger partial charge in [0, 0.05) is 6.42 Å². The summed E-state index contributed by atoms with van der Waals surface area (Å²) < 4.78 is 0. The van der Waals surface area contributed by atoms with Gasteiger partial charge in [0.1, 0.15) is 11.9 Å². The third-order valence-electron chi connectivity index (χ3n) is 5.10. The summed E-state index contributed by atoms with van der Waals surface area (Å²) in [5.74, 6) is -0.461. The Morgan fingerprint density at radius 1 is 1.03 bits per heavy atom. The molecule has 0 aliphatic heterocycles. The van der Waals surface area contributed by atoms with Crippen molar-refractivity contribution in [1.82, 2.24) is 0 Å². The molecule has 1 rings (SSSR count). The molecular formula is C25H43NO5. The Hall–Kier alpha value is -2.11. The number of hydrogen-bond donors (Lipinski definition) is 2. The van der Waals surface area contributed by atoms with Crippen LogP contribution in [0.1, 0.15) is 111 Å². The Kier molecular flexibility index (Phi) is 12.4. The average molecular weight is 438 g/mol. The van der Waals surface area contributed by atoms with Crippen LogP contribution < -0.4 is 0 Å². The first-order valence-electron chi connectivity index (χ1n) is 11.3. The third-order valence-corrected chi connectivity index (χ3v) is 5.10. The van der Waals surface area contributed by atoms with Crippen LogP contribution in [-0.4, -0.2) is 22.3 Å². The van der Waals surface area contributed by atoms with Crippen molar-refractivity contribution in [2.45, 2.75) is 117 Å². The summed E-state index contributed by atoms with van der Waals surface area (Å²) in [5.41, 5.74) is 2.38. The molecule has 0 aliphatic carbocycles. The number of carboxylic acid groups (broad SMARTS) is 1. The maximum atomic E-state index is 10.8. The maximum absolute atomic E-state index is 10.8. The van der Waals surface area contributed by atoms with E-state index in [-0.39, 0.29) is 23.4 Å². The van der Waals surface area contributed by atoms with Crippen molar-refractivity contribution in [3.63, 3.8) is 0 Å². The van der Waals surface area contributed by atoms with Gasteiger partial charge in [-0.15, -0.1) is 4.91 Å². The second kappa shape index (κ2) is 13.3. The molecule has 6 nitrogen and oxygen atoms in total. The number of phenols is 1. The van der Waals surface area contributed by atoms with Crippen molar-refractivity contribution in [2.24, 2.45) is 5.34 Å². The third kappa shape index (κ3) is 11.7. The van der Waals surface area contributed by atoms with Gasteiger partial charge in [-0.3, -0.25) is 4.79 Å². The minimum Gasteiger partial charge on any atom is -0.507 e. The maximum Gasteiger partial charge on any atom is 0.303 e. The van der Waals surface area contributed by atoms with E-state index >= 15 is 0 Å². The van der Waals surface area contributed by atoms with E-state index in [0.717, 1.165) is 29.5 Å². The molecule has 0 aliphatic rings. The molecule has 0 aromatic heterocycles. The fraction of sp³-hybridized carbons (Fsp3) is 0.720. The summed E-state index contributed by atoms with van der Waals surface area (Å²) in [4.78, 5) is 24.9. The van der Waals surface area contributed by atoms with E-state index in [1.807, 2.05) is 19.1 Å². The molecule has 0 heterocycles. The first kappa shape index (κ1) is 28.9. The number of unbranched alkanes of at least 4 members (excludes halogenated alkanes) is 3. The van der Waals surface area contributed by atoms with Crippen LogP contribution >= 0.6 is 0 Å². The molecule has 6 heteroatoms. The molecule has 1 aromatic rings. The van der Waals surface area contributed by atoms with Gasteiger partial charge < -0.3 is 15.1 Å². The molecule has 2 N–H and O–H groups in total. The predicted octanol–water partition coefficient (Wildman–Crippen LogP) is 7.05. The zero-order chi connectivity index (χ0) is 24.2. The molecule has 0 amide bonds. The lowest BCUT2D eigenvalue weighted by Crippen LogP contribution is -2.18. The van der Waals surface area contributed by atoms with Gasteiger partial charge in [0.05, 0.1) is 0 Å². The van der Waals surface area contributed by atoms with Crippen LogP contribution in [0.25, 0.3) is 0 Å². The van der Waals surface area contributed by atoms with E-state index in [1.54, 1.807) is 0 Å². The van der Waals surface area contributed by atoms with Crippen molar-refractivity contribution in [3.8, 4) is 5.75 Å². The normalized spacial score (nSPS) is 12.5. The molecule has 0 radical (unpaired) electrons. The van der Waals surface area contributed by atoms with Crippen LogP contribution in [0.2, 0.25) is 0 Å². The summed E-state index contributed by atoms with van der Waals surface area (Å²) >= 11 is 0. The number of aryl methyl sites for hydroxylation is 1. The standard InChI is InChI=1S/C17H26O3.C8H17NO2/c1-16(2,3)12-9-11(7-8-14(18)19)10-13(15(12)20)17(4,5)6;1-3-4-5-6-7-8(2)11-9-10/h9-10,20H,7-8H2,1-6H3,(H,18,19);8H,3-7H2,1-2H3. The lowest BCUT2D eigenvalue weighted by Gasteiger charge is -2.28. The van der Waals surface area contributed by atoms with Crippen LogP contribution in [0.3, 0.4) is 0 Å². The van der Waals surface area contributed by atoms with Gasteiger partial charge in [0.25, 0.3) is 0 Å². The van der Waals surface area contributed by atoms with Gasteiger partial charge >= 0.3 is 5.97 Å². The monoisotopic (exact) mass is 437 g/mol. The number of nitrogens with zero attached hydrogens (tertiary/aromatic N) is 1. The van der Waals surface area contributed by atoms with Crippen LogP contribution in [0, 0.1) is 4.91 Å². The highest BCUT2D eigenvalue weighted by Gasteiger charge is 2.26. The number of rotatable bonds is 10. The zero-order valence-corrected chi connectivity index (χ0v) is 20.7. The number of carbonyl (C=O) groups is 1. The summed E-state index contributed by atoms with van der Waals surface area (Å²) in [6.07, 6.45) is 6.38. The minimum atomic E-state index is -0.798. The largest absolute Gasteiger partial charge is 0.507 e. The van der Waals surface area contributed by atoms with E-state index in [4.69, 9.17) is 5.11 Å². The highest BCUT2D eigenvalue weighted by Crippen LogP contribution is 2.39. The topological polar surface area (TPSA) is 96.2 Å². The highest BCUT2D eigenvalue weighted by atomic mass is 16.7. The molecule has 1 unspecified atom stereocenters. The number of benzene rings is 1. The summed E-state index contributed by atoms with van der Waals surface area (Å²) in [6.45, 7) is 16.3. The van der Waals surface area contributed by atoms with Crippen LogP contribution in [0.5, 0.6) is 5.75 Å². The second-order valence-corrected chi connectivity index (χ2v) is 10.3. The van der Waals surface area contributed by atoms with Crippen molar-refractivity contribution in [1.29, 1.82) is 0 Å². The van der Waals surface area contributed by atoms with E-state index in [0.29, 0.717) is 12.2 Å². The number of aromatic hydroxyl groups is 1. The van der Waals surface area contributed by atoms with Crippen LogP contribution in [0.4, 0.5) is 0 Å². The van der Waals surface area contributed by atoms with E-state index < -0.39 is 5.97 Å². The minimum absolute atomic E-state index is 0.00986. The molecule has 0 saturated carbocycles. The lowest BCUT2D eigenvalue weighted by atomic mass is 9.78. The highest BCUT2D eigenvalue weighted by molar-refractivity contribution is 5.67. The predicted molar refractivity (Wildman–Crippen MR) is 127 cm³/mol. The van der Waals surface area contributed by atoms with Gasteiger partial charge in [-0.05, 0) is 53.7 Å². The first-order valence-corrected chi connectivity index (χ1v) is 11.3. The number of hydrogen-bond acceptors (Lipinski definition) is 5. The molecule has 31 heavy (non-hydrogen) atoms. The molecule has 178 valence electrons. The van der Waals surface area contributed by atoms with Crippen molar-refractivity contribution < 1.29 is 19.8 Å². The number of carboxylic acids is 1. The van der Waals surface area contributed by atoms with Crippen LogP contribution in [-0.2, 0) is 26.9 Å². The molecule has 0 fully saturated rings. The number of phenolic OH excluding ortho intramolecular Hbond substituents is 1. The van der Waals surface area contributed by atoms with E-state index in [2.05, 4.69) is 58.6 Å². The van der Waals surface area contributed by atoms with Crippen molar-refractivity contribution in [3.05, 3.63) is 33.7 Å². The summed E-state index contributed by atoms with van der Waals surface area (Å²) in [7, 11) is 0. The van der Waals surface area contributed by atoms with Crippen molar-refractivity contribution >= 4 is 5.97 Å². The summed E-state index contributed by atoms with van der Waals surface area (Å²) in [5, 5.41) is 21.8. The Morgan fingerprint density at radius 3 is 1.94 bits per heavy atom. The van der Waals surface area contributed by atoms with Crippen molar-refractivity contribution in [2.75, 3.05) is 0 Å². The average Bonchev–Trinajstić information content (AvgIpc) is 2.63. The van der Waals surface area contributed by atoms with E-state index in [9.17, 15) is 14.8 Å². The smallest absolute Gasteiger partial charge is 0.303 e. The second-order valence-electron chi connectivity index (χ2n) is 10.3. The Labute approximate surface area is 188 Å².